The monoisotopic (exact) mass is 383 g/mol. The van der Waals surface area contributed by atoms with Crippen molar-refractivity contribution in [3.63, 3.8) is 0 Å². The largest absolute Gasteiger partial charge is 0.379 e. The Bertz CT molecular complexity index is 466. The van der Waals surface area contributed by atoms with E-state index < -0.39 is 0 Å². The molecule has 6 nitrogen and oxygen atoms in total. The van der Waals surface area contributed by atoms with Crippen molar-refractivity contribution in [1.82, 2.24) is 5.32 Å². The summed E-state index contributed by atoms with van der Waals surface area (Å²) < 4.78 is 16.0. The number of carbonyl (C=O) groups is 2. The minimum absolute atomic E-state index is 0.0526. The van der Waals surface area contributed by atoms with E-state index >= 15 is 0 Å². The number of Topliss-reactive ketones (excluding diaryl/α,β-unsaturated/α-hetero) is 1. The minimum atomic E-state index is -0.119. The summed E-state index contributed by atoms with van der Waals surface area (Å²) in [5.74, 6) is 0.571. The van der Waals surface area contributed by atoms with E-state index in [4.69, 9.17) is 14.2 Å². The van der Waals surface area contributed by atoms with Gasteiger partial charge < -0.3 is 19.5 Å². The number of ketones is 1. The van der Waals surface area contributed by atoms with Crippen molar-refractivity contribution in [2.24, 2.45) is 11.3 Å². The van der Waals surface area contributed by atoms with Crippen molar-refractivity contribution in [2.45, 2.75) is 71.3 Å². The van der Waals surface area contributed by atoms with Gasteiger partial charge in [0.25, 0.3) is 0 Å². The van der Waals surface area contributed by atoms with E-state index in [1.54, 1.807) is 0 Å². The first-order chi connectivity index (χ1) is 12.9. The second-order valence-corrected chi connectivity index (χ2v) is 8.30. The number of fused-ring (bicyclic) bond motifs is 3. The summed E-state index contributed by atoms with van der Waals surface area (Å²) in [7, 11) is 0. The SMILES string of the molecule is CCOCCOCCOCCC(=O)NC12CCC(C(=O)C(C)C)(CC1)CC2. The highest BCUT2D eigenvalue weighted by atomic mass is 16.5. The van der Waals surface area contributed by atoms with Crippen LogP contribution in [0, 0.1) is 11.3 Å². The molecule has 0 aliphatic heterocycles. The van der Waals surface area contributed by atoms with Crippen LogP contribution in [0.4, 0.5) is 0 Å². The van der Waals surface area contributed by atoms with Gasteiger partial charge in [0, 0.05) is 29.9 Å². The Hall–Kier alpha value is -0.980. The van der Waals surface area contributed by atoms with E-state index in [1.165, 1.54) is 0 Å². The van der Waals surface area contributed by atoms with Crippen molar-refractivity contribution in [1.29, 1.82) is 0 Å². The second kappa shape index (κ2) is 10.5. The van der Waals surface area contributed by atoms with Crippen molar-refractivity contribution in [3.8, 4) is 0 Å². The molecular weight excluding hydrogens is 346 g/mol. The molecule has 2 bridgehead atoms. The Morgan fingerprint density at radius 2 is 1.37 bits per heavy atom. The number of amides is 1. The van der Waals surface area contributed by atoms with Gasteiger partial charge in [0.2, 0.25) is 5.91 Å². The van der Waals surface area contributed by atoms with Gasteiger partial charge >= 0.3 is 0 Å². The average molecular weight is 384 g/mol. The average Bonchev–Trinajstić information content (AvgIpc) is 2.67. The van der Waals surface area contributed by atoms with E-state index in [2.05, 4.69) is 5.32 Å². The van der Waals surface area contributed by atoms with E-state index in [1.807, 2.05) is 20.8 Å². The molecular formula is C21H37NO5. The molecule has 0 spiro atoms. The fourth-order valence-corrected chi connectivity index (χ4v) is 4.46. The van der Waals surface area contributed by atoms with Gasteiger partial charge in [-0.05, 0) is 45.4 Å². The minimum Gasteiger partial charge on any atom is -0.379 e. The van der Waals surface area contributed by atoms with Crippen LogP contribution in [-0.2, 0) is 23.8 Å². The van der Waals surface area contributed by atoms with Gasteiger partial charge in [-0.25, -0.2) is 0 Å². The number of hydrogen-bond donors (Lipinski definition) is 1. The third-order valence-corrected chi connectivity index (χ3v) is 6.12. The maximum absolute atomic E-state index is 12.6. The molecule has 3 rings (SSSR count). The molecule has 1 amide bonds. The van der Waals surface area contributed by atoms with Crippen molar-refractivity contribution >= 4 is 11.7 Å². The number of rotatable bonds is 13. The van der Waals surface area contributed by atoms with Gasteiger partial charge in [-0.3, -0.25) is 9.59 Å². The third-order valence-electron chi connectivity index (χ3n) is 6.12. The van der Waals surface area contributed by atoms with Crippen molar-refractivity contribution in [3.05, 3.63) is 0 Å². The standard InChI is InChI=1S/C21H37NO5/c1-4-25-13-14-27-16-15-26-12-5-18(23)22-21-9-6-20(7-10-21,8-11-21)19(24)17(2)3/h17H,4-16H2,1-3H3,(H,22,23). The highest BCUT2D eigenvalue weighted by Gasteiger charge is 2.52. The summed E-state index contributed by atoms with van der Waals surface area (Å²) in [6, 6.07) is 0. The molecule has 0 aromatic heterocycles. The van der Waals surface area contributed by atoms with Crippen LogP contribution < -0.4 is 5.32 Å². The number of ether oxygens (including phenoxy) is 3. The van der Waals surface area contributed by atoms with E-state index in [-0.39, 0.29) is 22.8 Å². The van der Waals surface area contributed by atoms with Gasteiger partial charge in [0.1, 0.15) is 5.78 Å². The lowest BCUT2D eigenvalue weighted by Gasteiger charge is -2.53. The molecule has 0 saturated heterocycles. The topological polar surface area (TPSA) is 73.9 Å². The first-order valence-corrected chi connectivity index (χ1v) is 10.5. The lowest BCUT2D eigenvalue weighted by Crippen LogP contribution is -2.58. The predicted molar refractivity (Wildman–Crippen MR) is 104 cm³/mol. The molecule has 3 aliphatic carbocycles. The Morgan fingerprint density at radius 1 is 0.852 bits per heavy atom. The molecule has 0 heterocycles. The lowest BCUT2D eigenvalue weighted by molar-refractivity contribution is -0.140. The quantitative estimate of drug-likeness (QED) is 0.495. The Kier molecular flexibility index (Phi) is 8.70. The fraction of sp³-hybridized carbons (Fsp3) is 0.905. The Balaban J connectivity index is 1.60. The normalized spacial score (nSPS) is 27.1. The molecule has 3 fully saturated rings. The molecule has 6 heteroatoms. The highest BCUT2D eigenvalue weighted by molar-refractivity contribution is 5.87. The molecule has 0 radical (unpaired) electrons. The zero-order valence-corrected chi connectivity index (χ0v) is 17.3. The molecule has 27 heavy (non-hydrogen) atoms. The van der Waals surface area contributed by atoms with Crippen molar-refractivity contribution in [2.75, 3.05) is 39.6 Å². The van der Waals surface area contributed by atoms with Gasteiger partial charge in [-0.15, -0.1) is 0 Å². The van der Waals surface area contributed by atoms with E-state index in [0.717, 1.165) is 38.5 Å². The van der Waals surface area contributed by atoms with Crippen LogP contribution in [0.25, 0.3) is 0 Å². The number of nitrogens with one attached hydrogen (secondary N) is 1. The smallest absolute Gasteiger partial charge is 0.222 e. The molecule has 0 atom stereocenters. The molecule has 3 aliphatic rings. The Morgan fingerprint density at radius 3 is 1.89 bits per heavy atom. The van der Waals surface area contributed by atoms with Crippen LogP contribution in [0.5, 0.6) is 0 Å². The number of hydrogen-bond acceptors (Lipinski definition) is 5. The lowest BCUT2D eigenvalue weighted by atomic mass is 9.54. The summed E-state index contributed by atoms with van der Waals surface area (Å²) in [6.07, 6.45) is 5.89. The van der Waals surface area contributed by atoms with Crippen LogP contribution in [0.15, 0.2) is 0 Å². The van der Waals surface area contributed by atoms with Gasteiger partial charge in [-0.2, -0.15) is 0 Å². The van der Waals surface area contributed by atoms with Gasteiger partial charge in [-0.1, -0.05) is 13.8 Å². The molecule has 3 saturated carbocycles. The molecule has 156 valence electrons. The van der Waals surface area contributed by atoms with Crippen LogP contribution >= 0.6 is 0 Å². The van der Waals surface area contributed by atoms with E-state index in [0.29, 0.717) is 51.8 Å². The Labute approximate surface area is 163 Å². The third kappa shape index (κ3) is 6.26. The second-order valence-electron chi connectivity index (χ2n) is 8.30. The molecule has 1 N–H and O–H groups in total. The van der Waals surface area contributed by atoms with Crippen molar-refractivity contribution < 1.29 is 23.8 Å². The van der Waals surface area contributed by atoms with E-state index in [9.17, 15) is 9.59 Å². The summed E-state index contributed by atoms with van der Waals surface area (Å²) >= 11 is 0. The molecule has 0 aromatic rings. The molecule has 0 unspecified atom stereocenters. The first kappa shape index (κ1) is 22.3. The summed E-state index contributed by atoms with van der Waals surface area (Å²) in [5.41, 5.74) is -0.218. The highest BCUT2D eigenvalue weighted by Crippen LogP contribution is 2.53. The first-order valence-electron chi connectivity index (χ1n) is 10.5. The van der Waals surface area contributed by atoms with Crippen LogP contribution in [0.2, 0.25) is 0 Å². The van der Waals surface area contributed by atoms with Gasteiger partial charge in [0.05, 0.1) is 33.0 Å². The van der Waals surface area contributed by atoms with Crippen LogP contribution in [0.3, 0.4) is 0 Å². The fourth-order valence-electron chi connectivity index (χ4n) is 4.46. The zero-order valence-electron chi connectivity index (χ0n) is 17.3. The summed E-state index contributed by atoms with van der Waals surface area (Å²) in [6.45, 7) is 9.24. The predicted octanol–water partition coefficient (Wildman–Crippen LogP) is 2.88. The van der Waals surface area contributed by atoms with Crippen LogP contribution in [0.1, 0.15) is 65.7 Å². The maximum Gasteiger partial charge on any atom is 0.222 e. The summed E-state index contributed by atoms with van der Waals surface area (Å²) in [4.78, 5) is 24.9. The van der Waals surface area contributed by atoms with Crippen LogP contribution in [-0.4, -0.2) is 56.9 Å². The maximum atomic E-state index is 12.6. The zero-order chi connectivity index (χ0) is 19.8. The summed E-state index contributed by atoms with van der Waals surface area (Å²) in [5, 5.41) is 3.25. The van der Waals surface area contributed by atoms with Gasteiger partial charge in [0.15, 0.2) is 0 Å². The number of carbonyl (C=O) groups excluding carboxylic acids is 2. The molecule has 0 aromatic carbocycles.